The van der Waals surface area contributed by atoms with Gasteiger partial charge in [0.1, 0.15) is 22.2 Å². The summed E-state index contributed by atoms with van der Waals surface area (Å²) in [5.41, 5.74) is 0.556. The van der Waals surface area contributed by atoms with Crippen LogP contribution in [0.4, 0.5) is 17.6 Å². The molecule has 0 bridgehead atoms. The van der Waals surface area contributed by atoms with Crippen molar-refractivity contribution in [2.75, 3.05) is 46.9 Å². The number of alkyl halides is 3. The van der Waals surface area contributed by atoms with Crippen LogP contribution < -0.4 is 14.8 Å². The van der Waals surface area contributed by atoms with E-state index in [1.807, 2.05) is 0 Å². The van der Waals surface area contributed by atoms with Gasteiger partial charge in [0.05, 0.1) is 20.8 Å². The summed E-state index contributed by atoms with van der Waals surface area (Å²) in [4.78, 5) is 23.3. The molecule has 2 N–H and O–H groups in total. The molecule has 15 heteroatoms. The molecule has 0 aromatic heterocycles. The molecule has 0 saturated carbocycles. The van der Waals surface area contributed by atoms with Crippen molar-refractivity contribution in [3.63, 3.8) is 0 Å². The van der Waals surface area contributed by atoms with E-state index in [4.69, 9.17) is 19.4 Å². The smallest absolute Gasteiger partial charge is 0.490 e. The number of hydrogen-bond donors (Lipinski definition) is 2. The molecule has 0 aliphatic carbocycles. The SMILES string of the molecule is COc1ccc(OC)c(S(=O)(=O)N(CC(=O)N2CCNCC2)Cc2ccc(F)cc2)c1.O=C(O)C(F)(F)F. The standard InChI is InChI=1S/C21H26FN3O5S.C2HF3O2/c1-29-18-7-8-19(30-2)20(13-18)31(27,28)25(14-16-3-5-17(22)6-4-16)15-21(26)24-11-9-23-10-12-24;3-2(4,5)1(6)7/h3-8,13,23H,9-12,14-15H2,1-2H3;(H,6,7). The van der Waals surface area contributed by atoms with Crippen molar-refractivity contribution in [2.24, 2.45) is 0 Å². The monoisotopic (exact) mass is 565 g/mol. The Morgan fingerprint density at radius 1 is 1.05 bits per heavy atom. The summed E-state index contributed by atoms with van der Waals surface area (Å²) in [5, 5.41) is 10.3. The number of nitrogens with one attached hydrogen (secondary N) is 1. The zero-order valence-electron chi connectivity index (χ0n) is 20.5. The molecule has 3 rings (SSSR count). The van der Waals surface area contributed by atoms with Gasteiger partial charge in [-0.3, -0.25) is 4.79 Å². The van der Waals surface area contributed by atoms with Crippen molar-refractivity contribution in [1.29, 1.82) is 0 Å². The lowest BCUT2D eigenvalue weighted by Crippen LogP contribution is -2.50. The van der Waals surface area contributed by atoms with Gasteiger partial charge in [-0.15, -0.1) is 0 Å². The Hall–Kier alpha value is -3.43. The molecule has 1 aliphatic rings. The predicted molar refractivity (Wildman–Crippen MR) is 127 cm³/mol. The second-order valence-corrected chi connectivity index (χ2v) is 9.76. The van der Waals surface area contributed by atoms with Crippen LogP contribution in [-0.2, 0) is 26.2 Å². The summed E-state index contributed by atoms with van der Waals surface area (Å²) in [6.45, 7) is 1.87. The third-order valence-electron chi connectivity index (χ3n) is 5.28. The fourth-order valence-electron chi connectivity index (χ4n) is 3.31. The lowest BCUT2D eigenvalue weighted by Gasteiger charge is -2.30. The maximum Gasteiger partial charge on any atom is 0.490 e. The van der Waals surface area contributed by atoms with E-state index in [1.165, 1.54) is 50.6 Å². The lowest BCUT2D eigenvalue weighted by molar-refractivity contribution is -0.192. The fraction of sp³-hybridized carbons (Fsp3) is 0.391. The number of amides is 1. The number of ether oxygens (including phenoxy) is 2. The number of carboxylic acid groups (broad SMARTS) is 1. The molecule has 1 fully saturated rings. The third-order valence-corrected chi connectivity index (χ3v) is 7.10. The van der Waals surface area contributed by atoms with Gasteiger partial charge in [0.25, 0.3) is 0 Å². The Balaban J connectivity index is 0.000000638. The van der Waals surface area contributed by atoms with Crippen LogP contribution in [0, 0.1) is 5.82 Å². The Kier molecular flexibility index (Phi) is 10.9. The first-order valence-electron chi connectivity index (χ1n) is 11.0. The van der Waals surface area contributed by atoms with Crippen LogP contribution in [0.5, 0.6) is 11.5 Å². The number of piperazine rings is 1. The van der Waals surface area contributed by atoms with E-state index < -0.39 is 28.0 Å². The predicted octanol–water partition coefficient (Wildman–Crippen LogP) is 2.10. The van der Waals surface area contributed by atoms with Gasteiger partial charge in [0.15, 0.2) is 0 Å². The van der Waals surface area contributed by atoms with E-state index in [2.05, 4.69) is 5.32 Å². The van der Waals surface area contributed by atoms with Crippen molar-refractivity contribution in [1.82, 2.24) is 14.5 Å². The summed E-state index contributed by atoms with van der Waals surface area (Å²) in [6.07, 6.45) is -5.08. The van der Waals surface area contributed by atoms with Crippen LogP contribution in [0.25, 0.3) is 0 Å². The first kappa shape index (κ1) is 30.8. The van der Waals surface area contributed by atoms with E-state index in [9.17, 15) is 30.8 Å². The van der Waals surface area contributed by atoms with E-state index >= 15 is 0 Å². The maximum absolute atomic E-state index is 13.6. The second-order valence-electron chi connectivity index (χ2n) is 7.85. The van der Waals surface area contributed by atoms with Gasteiger partial charge < -0.3 is 24.8 Å². The highest BCUT2D eigenvalue weighted by atomic mass is 32.2. The number of rotatable bonds is 8. The summed E-state index contributed by atoms with van der Waals surface area (Å²) in [6, 6.07) is 9.95. The van der Waals surface area contributed by atoms with E-state index in [0.717, 1.165) is 4.31 Å². The van der Waals surface area contributed by atoms with Crippen molar-refractivity contribution in [3.05, 3.63) is 53.8 Å². The molecular formula is C23H27F4N3O7S. The van der Waals surface area contributed by atoms with Gasteiger partial charge >= 0.3 is 12.1 Å². The van der Waals surface area contributed by atoms with Gasteiger partial charge in [0, 0.05) is 38.8 Å². The fourth-order valence-corrected chi connectivity index (χ4v) is 4.86. The summed E-state index contributed by atoms with van der Waals surface area (Å²) in [7, 11) is -1.34. The third kappa shape index (κ3) is 8.56. The molecule has 0 atom stereocenters. The number of aliphatic carboxylic acids is 1. The number of carbonyl (C=O) groups is 2. The number of benzene rings is 2. The highest BCUT2D eigenvalue weighted by molar-refractivity contribution is 7.89. The van der Waals surface area contributed by atoms with Crippen LogP contribution in [0.3, 0.4) is 0 Å². The number of methoxy groups -OCH3 is 2. The summed E-state index contributed by atoms with van der Waals surface area (Å²) in [5.74, 6) is -3.00. The summed E-state index contributed by atoms with van der Waals surface area (Å²) < 4.78 is 83.8. The van der Waals surface area contributed by atoms with Crippen LogP contribution in [0.1, 0.15) is 5.56 Å². The van der Waals surface area contributed by atoms with Gasteiger partial charge in [0.2, 0.25) is 15.9 Å². The number of hydrogen-bond acceptors (Lipinski definition) is 7. The molecule has 2 aromatic carbocycles. The topological polar surface area (TPSA) is 125 Å². The Bertz CT molecular complexity index is 1200. The van der Waals surface area contributed by atoms with Gasteiger partial charge in [-0.05, 0) is 29.8 Å². The highest BCUT2D eigenvalue weighted by Gasteiger charge is 2.38. The van der Waals surface area contributed by atoms with Crippen molar-refractivity contribution < 1.29 is 50.1 Å². The molecule has 210 valence electrons. The van der Waals surface area contributed by atoms with E-state index in [1.54, 1.807) is 11.0 Å². The molecular weight excluding hydrogens is 538 g/mol. The minimum Gasteiger partial charge on any atom is -0.497 e. The average molecular weight is 566 g/mol. The zero-order valence-corrected chi connectivity index (χ0v) is 21.3. The lowest BCUT2D eigenvalue weighted by atomic mass is 10.2. The first-order chi connectivity index (χ1) is 17.8. The van der Waals surface area contributed by atoms with Gasteiger partial charge in [-0.25, -0.2) is 17.6 Å². The quantitative estimate of drug-likeness (QED) is 0.467. The maximum atomic E-state index is 13.6. The zero-order chi connectivity index (χ0) is 28.5. The second kappa shape index (κ2) is 13.4. The molecule has 0 unspecified atom stereocenters. The number of carbonyl (C=O) groups excluding carboxylic acids is 1. The van der Waals surface area contributed by atoms with Crippen molar-refractivity contribution in [3.8, 4) is 11.5 Å². The van der Waals surface area contributed by atoms with Crippen molar-refractivity contribution in [2.45, 2.75) is 17.6 Å². The van der Waals surface area contributed by atoms with Crippen LogP contribution in [-0.4, -0.2) is 87.7 Å². The van der Waals surface area contributed by atoms with E-state index in [0.29, 0.717) is 37.5 Å². The number of nitrogens with zero attached hydrogens (tertiary/aromatic N) is 2. The van der Waals surface area contributed by atoms with Crippen LogP contribution in [0.2, 0.25) is 0 Å². The van der Waals surface area contributed by atoms with Gasteiger partial charge in [-0.1, -0.05) is 12.1 Å². The number of sulfonamides is 1. The van der Waals surface area contributed by atoms with Crippen LogP contribution in [0.15, 0.2) is 47.4 Å². The highest BCUT2D eigenvalue weighted by Crippen LogP contribution is 2.31. The van der Waals surface area contributed by atoms with Gasteiger partial charge in [-0.2, -0.15) is 17.5 Å². The molecule has 1 aliphatic heterocycles. The van der Waals surface area contributed by atoms with Crippen LogP contribution >= 0.6 is 0 Å². The molecule has 2 aromatic rings. The Labute approximate surface area is 216 Å². The minimum absolute atomic E-state index is 0.0964. The molecule has 1 amide bonds. The number of carboxylic acids is 1. The average Bonchev–Trinajstić information content (AvgIpc) is 2.89. The minimum atomic E-state index is -5.08. The molecule has 38 heavy (non-hydrogen) atoms. The first-order valence-corrected chi connectivity index (χ1v) is 12.5. The largest absolute Gasteiger partial charge is 0.497 e. The molecule has 0 radical (unpaired) electrons. The number of halogens is 4. The molecule has 10 nitrogen and oxygen atoms in total. The van der Waals surface area contributed by atoms with E-state index in [-0.39, 0.29) is 29.6 Å². The molecule has 1 heterocycles. The Morgan fingerprint density at radius 2 is 1.63 bits per heavy atom. The van der Waals surface area contributed by atoms with Crippen molar-refractivity contribution >= 4 is 21.9 Å². The summed E-state index contributed by atoms with van der Waals surface area (Å²) >= 11 is 0. The molecule has 1 saturated heterocycles. The normalized spacial score (nSPS) is 13.9. The molecule has 0 spiro atoms. The Morgan fingerprint density at radius 3 is 2.13 bits per heavy atom.